The standard InChI is InChI=1S/C7H9BrO/c8-6-3-1-2-4-7(9)5-6/h5H,1-4H2. The normalized spacial score (nSPS) is 21.0. The molecule has 0 radical (unpaired) electrons. The van der Waals surface area contributed by atoms with Gasteiger partial charge in [0.15, 0.2) is 5.78 Å². The molecule has 0 aromatic carbocycles. The minimum absolute atomic E-state index is 0.263. The molecule has 1 rings (SSSR count). The first-order chi connectivity index (χ1) is 4.29. The molecule has 50 valence electrons. The van der Waals surface area contributed by atoms with Crippen LogP contribution in [0.15, 0.2) is 10.6 Å². The van der Waals surface area contributed by atoms with Gasteiger partial charge in [-0.1, -0.05) is 15.9 Å². The third-order valence-electron chi connectivity index (χ3n) is 1.41. The molecular formula is C7H9BrO. The molecule has 0 unspecified atom stereocenters. The van der Waals surface area contributed by atoms with Crippen LogP contribution in [0.25, 0.3) is 0 Å². The van der Waals surface area contributed by atoms with Crippen LogP contribution in [0, 0.1) is 0 Å². The number of carbonyl (C=O) groups is 1. The van der Waals surface area contributed by atoms with Gasteiger partial charge >= 0.3 is 0 Å². The molecule has 1 nitrogen and oxygen atoms in total. The average Bonchev–Trinajstić information content (AvgIpc) is 1.93. The molecule has 0 heterocycles. The van der Waals surface area contributed by atoms with Gasteiger partial charge < -0.3 is 0 Å². The molecule has 0 amide bonds. The number of allylic oxidation sites excluding steroid dienone is 2. The molecule has 1 aliphatic carbocycles. The lowest BCUT2D eigenvalue weighted by Crippen LogP contribution is -1.88. The van der Waals surface area contributed by atoms with E-state index in [1.165, 1.54) is 0 Å². The second-order valence-corrected chi connectivity index (χ2v) is 3.28. The van der Waals surface area contributed by atoms with Crippen LogP contribution < -0.4 is 0 Å². The van der Waals surface area contributed by atoms with E-state index in [1.54, 1.807) is 6.08 Å². The predicted octanol–water partition coefficient (Wildman–Crippen LogP) is 2.41. The Morgan fingerprint density at radius 2 is 2.00 bits per heavy atom. The molecule has 0 aromatic heterocycles. The number of rotatable bonds is 0. The monoisotopic (exact) mass is 188 g/mol. The van der Waals surface area contributed by atoms with Gasteiger partial charge in [0.2, 0.25) is 0 Å². The van der Waals surface area contributed by atoms with E-state index in [0.717, 1.165) is 30.2 Å². The van der Waals surface area contributed by atoms with Gasteiger partial charge in [-0.05, 0) is 29.8 Å². The third-order valence-corrected chi connectivity index (χ3v) is 2.03. The zero-order valence-electron chi connectivity index (χ0n) is 5.19. The smallest absolute Gasteiger partial charge is 0.156 e. The number of hydrogen-bond donors (Lipinski definition) is 0. The number of halogens is 1. The van der Waals surface area contributed by atoms with Crippen LogP contribution in [-0.2, 0) is 4.79 Å². The van der Waals surface area contributed by atoms with Crippen LogP contribution in [0.4, 0.5) is 0 Å². The summed E-state index contributed by atoms with van der Waals surface area (Å²) < 4.78 is 1.06. The van der Waals surface area contributed by atoms with E-state index in [0.29, 0.717) is 0 Å². The molecule has 1 aliphatic rings. The van der Waals surface area contributed by atoms with E-state index in [4.69, 9.17) is 0 Å². The zero-order chi connectivity index (χ0) is 6.69. The van der Waals surface area contributed by atoms with Crippen molar-refractivity contribution in [2.45, 2.75) is 25.7 Å². The summed E-state index contributed by atoms with van der Waals surface area (Å²) in [6.07, 6.45) is 5.65. The maximum atomic E-state index is 10.8. The van der Waals surface area contributed by atoms with Crippen LogP contribution in [0.1, 0.15) is 25.7 Å². The molecule has 0 aromatic rings. The molecule has 0 bridgehead atoms. The fraction of sp³-hybridized carbons (Fsp3) is 0.571. The molecular weight excluding hydrogens is 180 g/mol. The molecule has 0 saturated carbocycles. The first-order valence-electron chi connectivity index (χ1n) is 3.18. The Bertz CT molecular complexity index is 149. The van der Waals surface area contributed by atoms with Gasteiger partial charge in [-0.2, -0.15) is 0 Å². The highest BCUT2D eigenvalue weighted by atomic mass is 79.9. The molecule has 0 atom stereocenters. The van der Waals surface area contributed by atoms with Crippen LogP contribution in [0.2, 0.25) is 0 Å². The quantitative estimate of drug-likeness (QED) is 0.571. The van der Waals surface area contributed by atoms with Crippen molar-refractivity contribution in [2.75, 3.05) is 0 Å². The number of ketones is 1. The van der Waals surface area contributed by atoms with Crippen molar-refractivity contribution in [3.05, 3.63) is 10.6 Å². The van der Waals surface area contributed by atoms with Crippen molar-refractivity contribution >= 4 is 21.7 Å². The second-order valence-electron chi connectivity index (χ2n) is 2.26. The van der Waals surface area contributed by atoms with Crippen LogP contribution in [0.3, 0.4) is 0 Å². The molecule has 0 saturated heterocycles. The third kappa shape index (κ3) is 2.31. The summed E-state index contributed by atoms with van der Waals surface area (Å²) in [7, 11) is 0. The van der Waals surface area contributed by atoms with Gasteiger partial charge in [0.1, 0.15) is 0 Å². The van der Waals surface area contributed by atoms with Gasteiger partial charge in [-0.15, -0.1) is 0 Å². The highest BCUT2D eigenvalue weighted by Gasteiger charge is 2.04. The summed E-state index contributed by atoms with van der Waals surface area (Å²) in [5.41, 5.74) is 0. The zero-order valence-corrected chi connectivity index (χ0v) is 6.78. The van der Waals surface area contributed by atoms with E-state index in [9.17, 15) is 4.79 Å². The molecule has 0 aliphatic heterocycles. The predicted molar refractivity (Wildman–Crippen MR) is 40.5 cm³/mol. The Labute approximate surface area is 63.3 Å². The fourth-order valence-electron chi connectivity index (χ4n) is 0.912. The first-order valence-corrected chi connectivity index (χ1v) is 3.97. The number of carbonyl (C=O) groups excluding carboxylic acids is 1. The topological polar surface area (TPSA) is 17.1 Å². The Hall–Kier alpha value is -0.110. The van der Waals surface area contributed by atoms with E-state index in [2.05, 4.69) is 15.9 Å². The Kier molecular flexibility index (Phi) is 2.46. The Morgan fingerprint density at radius 1 is 1.33 bits per heavy atom. The lowest BCUT2D eigenvalue weighted by molar-refractivity contribution is -0.114. The van der Waals surface area contributed by atoms with Crippen molar-refractivity contribution in [2.24, 2.45) is 0 Å². The maximum Gasteiger partial charge on any atom is 0.156 e. The number of hydrogen-bond acceptors (Lipinski definition) is 1. The Balaban J connectivity index is 2.59. The van der Waals surface area contributed by atoms with Crippen molar-refractivity contribution in [1.29, 1.82) is 0 Å². The molecule has 0 fully saturated rings. The average molecular weight is 189 g/mol. The lowest BCUT2D eigenvalue weighted by Gasteiger charge is -1.89. The lowest BCUT2D eigenvalue weighted by atomic mass is 10.2. The summed E-state index contributed by atoms with van der Waals surface area (Å²) in [5.74, 6) is 0.263. The van der Waals surface area contributed by atoms with E-state index < -0.39 is 0 Å². The summed E-state index contributed by atoms with van der Waals surface area (Å²) in [5, 5.41) is 0. The summed E-state index contributed by atoms with van der Waals surface area (Å²) in [4.78, 5) is 10.8. The minimum atomic E-state index is 0.263. The van der Waals surface area contributed by atoms with Crippen LogP contribution in [0.5, 0.6) is 0 Å². The summed E-state index contributed by atoms with van der Waals surface area (Å²) in [6.45, 7) is 0. The van der Waals surface area contributed by atoms with E-state index in [-0.39, 0.29) is 5.78 Å². The van der Waals surface area contributed by atoms with Gasteiger partial charge in [0.05, 0.1) is 0 Å². The van der Waals surface area contributed by atoms with E-state index >= 15 is 0 Å². The van der Waals surface area contributed by atoms with Crippen LogP contribution >= 0.6 is 15.9 Å². The van der Waals surface area contributed by atoms with Gasteiger partial charge in [0, 0.05) is 6.42 Å². The summed E-state index contributed by atoms with van der Waals surface area (Å²) in [6, 6.07) is 0. The van der Waals surface area contributed by atoms with Crippen molar-refractivity contribution in [1.82, 2.24) is 0 Å². The SMILES string of the molecule is O=C1C=C(Br)CCCC1. The molecule has 0 spiro atoms. The summed E-state index contributed by atoms with van der Waals surface area (Å²) >= 11 is 3.32. The maximum absolute atomic E-state index is 10.8. The van der Waals surface area contributed by atoms with Gasteiger partial charge in [-0.25, -0.2) is 0 Å². The van der Waals surface area contributed by atoms with Gasteiger partial charge in [0.25, 0.3) is 0 Å². The van der Waals surface area contributed by atoms with Crippen molar-refractivity contribution < 1.29 is 4.79 Å². The highest BCUT2D eigenvalue weighted by molar-refractivity contribution is 9.11. The van der Waals surface area contributed by atoms with E-state index in [1.807, 2.05) is 0 Å². The molecule has 2 heteroatoms. The van der Waals surface area contributed by atoms with Crippen LogP contribution in [-0.4, -0.2) is 5.78 Å². The van der Waals surface area contributed by atoms with Crippen molar-refractivity contribution in [3.8, 4) is 0 Å². The fourth-order valence-corrected chi connectivity index (χ4v) is 1.45. The van der Waals surface area contributed by atoms with Gasteiger partial charge in [-0.3, -0.25) is 4.79 Å². The highest BCUT2D eigenvalue weighted by Crippen LogP contribution is 2.19. The molecule has 0 N–H and O–H groups in total. The largest absolute Gasteiger partial charge is 0.295 e. The first kappa shape index (κ1) is 7.00. The van der Waals surface area contributed by atoms with Crippen molar-refractivity contribution in [3.63, 3.8) is 0 Å². The second kappa shape index (κ2) is 3.16. The molecule has 9 heavy (non-hydrogen) atoms. The Morgan fingerprint density at radius 3 is 2.78 bits per heavy atom. The minimum Gasteiger partial charge on any atom is -0.295 e.